The highest BCUT2D eigenvalue weighted by atomic mass is 16.6. The third-order valence-electron chi connectivity index (χ3n) is 13.2. The number of ether oxygens (including phenoxy) is 5. The maximum Gasteiger partial charge on any atom is 0.338 e. The molecule has 0 spiro atoms. The van der Waals surface area contributed by atoms with Gasteiger partial charge in [0.1, 0.15) is 23.9 Å². The minimum Gasteiger partial charge on any atom is -0.456 e. The maximum atomic E-state index is 15.4. The van der Waals surface area contributed by atoms with Gasteiger partial charge in [-0.15, -0.1) is 0 Å². The number of allylic oxidation sites excluding steroid dienone is 1. The molecule has 4 aliphatic rings. The van der Waals surface area contributed by atoms with Gasteiger partial charge in [-0.2, -0.15) is 0 Å². The van der Waals surface area contributed by atoms with E-state index in [1.165, 1.54) is 26.0 Å². The molecule has 1 heterocycles. The first kappa shape index (κ1) is 44.3. The van der Waals surface area contributed by atoms with Crippen LogP contribution in [0, 0.1) is 16.7 Å². The summed E-state index contributed by atoms with van der Waals surface area (Å²) in [7, 11) is 0. The first-order valence-corrected chi connectivity index (χ1v) is 19.9. The zero-order chi connectivity index (χ0) is 44.1. The fourth-order valence-electron chi connectivity index (χ4n) is 9.75. The van der Waals surface area contributed by atoms with E-state index in [1.807, 2.05) is 0 Å². The van der Waals surface area contributed by atoms with Crippen LogP contribution in [0.15, 0.2) is 83.5 Å². The molecule has 0 aromatic heterocycles. The molecular formula is C45H53NO14. The second-order valence-electron chi connectivity index (χ2n) is 17.0. The van der Waals surface area contributed by atoms with Crippen LogP contribution in [0.2, 0.25) is 0 Å². The molecule has 3 aliphatic carbocycles. The lowest BCUT2D eigenvalue weighted by molar-refractivity contribution is -0.346. The summed E-state index contributed by atoms with van der Waals surface area (Å²) in [4.78, 5) is 82.9. The minimum atomic E-state index is -2.38. The molecule has 0 radical (unpaired) electrons. The molecule has 1 aliphatic heterocycles. The lowest BCUT2D eigenvalue weighted by Gasteiger charge is -2.67. The average molecular weight is 832 g/mol. The van der Waals surface area contributed by atoms with E-state index in [1.54, 1.807) is 82.3 Å². The molecular weight excluding hydrogens is 778 g/mol. The van der Waals surface area contributed by atoms with E-state index in [2.05, 4.69) is 5.32 Å². The molecule has 15 nitrogen and oxygen atoms in total. The highest BCUT2D eigenvalue weighted by Crippen LogP contribution is 2.64. The number of amides is 1. The molecule has 2 saturated carbocycles. The third-order valence-corrected chi connectivity index (χ3v) is 13.2. The molecule has 2 aromatic carbocycles. The molecule has 60 heavy (non-hydrogen) atoms. The quantitative estimate of drug-likeness (QED) is 0.117. The Morgan fingerprint density at radius 3 is 2.08 bits per heavy atom. The molecule has 11 atom stereocenters. The van der Waals surface area contributed by atoms with Gasteiger partial charge in [-0.25, -0.2) is 9.59 Å². The molecule has 15 heteroatoms. The minimum absolute atomic E-state index is 0.00140. The molecule has 5 unspecified atom stereocenters. The van der Waals surface area contributed by atoms with Crippen LogP contribution in [-0.4, -0.2) is 105 Å². The van der Waals surface area contributed by atoms with E-state index in [-0.39, 0.29) is 29.7 Å². The summed E-state index contributed by atoms with van der Waals surface area (Å²) in [6.45, 7) is 11.2. The Labute approximate surface area is 348 Å². The largest absolute Gasteiger partial charge is 0.456 e. The van der Waals surface area contributed by atoms with Crippen molar-refractivity contribution in [1.29, 1.82) is 0 Å². The second-order valence-corrected chi connectivity index (χ2v) is 17.0. The summed E-state index contributed by atoms with van der Waals surface area (Å²) in [6, 6.07) is 14.8. The molecule has 1 saturated heterocycles. The van der Waals surface area contributed by atoms with Crippen LogP contribution in [0.5, 0.6) is 0 Å². The van der Waals surface area contributed by atoms with Gasteiger partial charge in [0.15, 0.2) is 23.6 Å². The van der Waals surface area contributed by atoms with Gasteiger partial charge in [0, 0.05) is 37.7 Å². The topological polar surface area (TPSA) is 221 Å². The summed E-state index contributed by atoms with van der Waals surface area (Å²) in [5, 5.41) is 40.0. The first-order valence-electron chi connectivity index (χ1n) is 19.9. The third kappa shape index (κ3) is 7.24. The lowest BCUT2D eigenvalue weighted by atomic mass is 9.44. The Kier molecular flexibility index (Phi) is 12.1. The number of carbonyl (C=O) groups excluding carboxylic acids is 6. The fraction of sp³-hybridized carbons (Fsp3) is 0.511. The number of carbonyl (C=O) groups is 6. The van der Waals surface area contributed by atoms with Crippen LogP contribution in [-0.2, 0) is 47.7 Å². The molecule has 6 rings (SSSR count). The summed E-state index contributed by atoms with van der Waals surface area (Å²) >= 11 is 0. The Bertz CT molecular complexity index is 2110. The van der Waals surface area contributed by atoms with Gasteiger partial charge in [-0.05, 0) is 56.5 Å². The first-order chi connectivity index (χ1) is 28.1. The van der Waals surface area contributed by atoms with Crippen LogP contribution in [0.25, 0.3) is 0 Å². The number of Topliss-reactive ketones (excluding diaryl/α,β-unsaturated/α-hetero) is 1. The molecule has 1 amide bonds. The van der Waals surface area contributed by atoms with Crippen LogP contribution < -0.4 is 5.32 Å². The number of rotatable bonds is 10. The van der Waals surface area contributed by atoms with E-state index >= 15 is 4.79 Å². The zero-order valence-corrected chi connectivity index (χ0v) is 34.9. The predicted molar refractivity (Wildman–Crippen MR) is 211 cm³/mol. The highest BCUT2D eigenvalue weighted by molar-refractivity contribution is 5.96. The molecule has 2 aromatic rings. The van der Waals surface area contributed by atoms with E-state index in [0.29, 0.717) is 11.1 Å². The van der Waals surface area contributed by atoms with E-state index in [4.69, 9.17) is 23.7 Å². The zero-order valence-electron chi connectivity index (χ0n) is 34.9. The number of aliphatic hydroxyl groups is 3. The molecule has 322 valence electrons. The van der Waals surface area contributed by atoms with E-state index in [0.717, 1.165) is 13.8 Å². The Morgan fingerprint density at radius 1 is 0.917 bits per heavy atom. The van der Waals surface area contributed by atoms with Crippen LogP contribution in [0.3, 0.4) is 0 Å². The van der Waals surface area contributed by atoms with Crippen molar-refractivity contribution in [2.75, 3.05) is 6.61 Å². The Morgan fingerprint density at radius 2 is 1.53 bits per heavy atom. The van der Waals surface area contributed by atoms with Crippen molar-refractivity contribution >= 4 is 35.6 Å². The smallest absolute Gasteiger partial charge is 0.338 e. The summed E-state index contributed by atoms with van der Waals surface area (Å²) in [5.74, 6) is -6.78. The molecule has 2 bridgehead atoms. The van der Waals surface area contributed by atoms with Crippen molar-refractivity contribution in [3.05, 3.63) is 94.6 Å². The SMILES string of the molecule is C/C=C(\C)C(=O)NC(c1ccccc1)[C@@H](O)C(=O)O[C@H]1CC2(O)[C@@H](OC(=O)c3ccccc3)C3C4(OC(C)=O)CO[C@@H]4C[C@H](O)[C@@]3(C)C(=O)C(OC(C)=O)C(=C1C)C2(C)C. The average Bonchev–Trinajstić information content (AvgIpc) is 3.20. The number of hydrogen-bond donors (Lipinski definition) is 4. The summed E-state index contributed by atoms with van der Waals surface area (Å²) in [6.07, 6.45) is -8.88. The van der Waals surface area contributed by atoms with Crippen molar-refractivity contribution < 1.29 is 67.8 Å². The molecule has 3 fully saturated rings. The van der Waals surface area contributed by atoms with Gasteiger partial charge in [0.05, 0.1) is 35.6 Å². The second kappa shape index (κ2) is 16.3. The van der Waals surface area contributed by atoms with Gasteiger partial charge >= 0.3 is 23.9 Å². The van der Waals surface area contributed by atoms with Crippen LogP contribution in [0.4, 0.5) is 0 Å². The van der Waals surface area contributed by atoms with Gasteiger partial charge in [0.2, 0.25) is 5.91 Å². The Balaban J connectivity index is 1.56. The van der Waals surface area contributed by atoms with E-state index in [9.17, 15) is 39.3 Å². The van der Waals surface area contributed by atoms with Crippen LogP contribution in [0.1, 0.15) is 90.2 Å². The summed E-state index contributed by atoms with van der Waals surface area (Å²) < 4.78 is 30.2. The number of esters is 4. The predicted octanol–water partition coefficient (Wildman–Crippen LogP) is 3.39. The van der Waals surface area contributed by atoms with Crippen molar-refractivity contribution in [2.45, 2.75) is 122 Å². The van der Waals surface area contributed by atoms with Crippen molar-refractivity contribution in [3.8, 4) is 0 Å². The number of benzene rings is 2. The summed E-state index contributed by atoms with van der Waals surface area (Å²) in [5.41, 5.74) is -6.91. The van der Waals surface area contributed by atoms with E-state index < -0.39 is 113 Å². The lowest BCUT2D eigenvalue weighted by Crippen LogP contribution is -2.82. The number of aliphatic hydroxyl groups excluding tert-OH is 2. The van der Waals surface area contributed by atoms with Crippen molar-refractivity contribution in [2.24, 2.45) is 16.7 Å². The van der Waals surface area contributed by atoms with Gasteiger partial charge in [-0.1, -0.05) is 68.5 Å². The number of fused-ring (bicyclic) bond motifs is 5. The standard InChI is InChI=1S/C45H53NO14/c1-9-23(2)39(52)46-33(27-16-12-10-13-17-27)34(50)41(54)58-29-21-45(55)38(59-40(53)28-18-14-11-15-19-28)36-43(8,30(49)20-31-44(36,22-56-31)60-26(5)48)37(51)35(57-25(4)47)32(24(29)3)42(45,6)7/h9-19,29-31,33-36,38,49-50,55H,20-22H2,1-8H3,(H,46,52)/b23-9+/t29-,30-,31+,33?,34+,35?,36?,38-,43+,44?,45?/m0/s1. The van der Waals surface area contributed by atoms with Gasteiger partial charge < -0.3 is 44.3 Å². The number of nitrogens with one attached hydrogen (secondary N) is 1. The Hall–Kier alpha value is -5.22. The van der Waals surface area contributed by atoms with Crippen molar-refractivity contribution in [3.63, 3.8) is 0 Å². The van der Waals surface area contributed by atoms with Crippen molar-refractivity contribution in [1.82, 2.24) is 5.32 Å². The number of hydrogen-bond acceptors (Lipinski definition) is 14. The fourth-order valence-corrected chi connectivity index (χ4v) is 9.75. The highest BCUT2D eigenvalue weighted by Gasteiger charge is 2.78. The number of ketones is 1. The maximum absolute atomic E-state index is 15.4. The molecule has 4 N–H and O–H groups in total. The van der Waals surface area contributed by atoms with Crippen LogP contribution >= 0.6 is 0 Å². The monoisotopic (exact) mass is 831 g/mol. The normalized spacial score (nSPS) is 32.9. The van der Waals surface area contributed by atoms with Gasteiger partial charge in [-0.3, -0.25) is 19.2 Å². The van der Waals surface area contributed by atoms with Gasteiger partial charge in [0.25, 0.3) is 0 Å².